The van der Waals surface area contributed by atoms with Gasteiger partial charge in [0.1, 0.15) is 0 Å². The van der Waals surface area contributed by atoms with Gasteiger partial charge in [0, 0.05) is 19.6 Å². The molecule has 6 heteroatoms. The number of nitrogens with one attached hydrogen (secondary N) is 1. The molecular weight excluding hydrogens is 220 g/mol. The largest absolute Gasteiger partial charge is 0.368 e. The molecule has 2 atom stereocenters. The summed E-state index contributed by atoms with van der Waals surface area (Å²) >= 11 is 0. The number of hydrogen-bond acceptors (Lipinski definition) is 4. The van der Waals surface area contributed by atoms with Crippen LogP contribution in [0.1, 0.15) is 19.8 Å². The molecule has 17 heavy (non-hydrogen) atoms. The number of amides is 2. The van der Waals surface area contributed by atoms with Crippen molar-refractivity contribution in [3.8, 4) is 0 Å². The SMILES string of the molecule is CC(C(N)=O)N1CCCC(C(=O)NCCN)C1. The van der Waals surface area contributed by atoms with E-state index >= 15 is 0 Å². The molecule has 6 nitrogen and oxygen atoms in total. The monoisotopic (exact) mass is 242 g/mol. The molecule has 1 saturated heterocycles. The quantitative estimate of drug-likeness (QED) is 0.554. The van der Waals surface area contributed by atoms with Crippen molar-refractivity contribution in [1.82, 2.24) is 10.2 Å². The summed E-state index contributed by atoms with van der Waals surface area (Å²) in [6, 6.07) is -0.305. The maximum atomic E-state index is 11.8. The third kappa shape index (κ3) is 3.98. The summed E-state index contributed by atoms with van der Waals surface area (Å²) < 4.78 is 0. The summed E-state index contributed by atoms with van der Waals surface area (Å²) in [6.45, 7) is 4.15. The molecule has 0 aromatic heterocycles. The van der Waals surface area contributed by atoms with E-state index in [0.717, 1.165) is 19.4 Å². The average molecular weight is 242 g/mol. The van der Waals surface area contributed by atoms with E-state index in [9.17, 15) is 9.59 Å². The lowest BCUT2D eigenvalue weighted by Crippen LogP contribution is -2.50. The maximum absolute atomic E-state index is 11.8. The number of primary amides is 1. The Bertz CT molecular complexity index is 283. The third-order valence-electron chi connectivity index (χ3n) is 3.23. The van der Waals surface area contributed by atoms with Gasteiger partial charge in [-0.05, 0) is 26.3 Å². The minimum atomic E-state index is -0.340. The van der Waals surface area contributed by atoms with Crippen LogP contribution in [0, 0.1) is 5.92 Å². The fourth-order valence-corrected chi connectivity index (χ4v) is 2.09. The van der Waals surface area contributed by atoms with Gasteiger partial charge in [-0.15, -0.1) is 0 Å². The van der Waals surface area contributed by atoms with Crippen LogP contribution in [0.15, 0.2) is 0 Å². The second-order valence-corrected chi connectivity index (χ2v) is 4.49. The Labute approximate surface area is 102 Å². The molecule has 5 N–H and O–H groups in total. The van der Waals surface area contributed by atoms with Crippen molar-refractivity contribution in [3.05, 3.63) is 0 Å². The van der Waals surface area contributed by atoms with Crippen LogP contribution in [0.2, 0.25) is 0 Å². The van der Waals surface area contributed by atoms with Gasteiger partial charge in [0.05, 0.1) is 12.0 Å². The Hall–Kier alpha value is -1.14. The van der Waals surface area contributed by atoms with Gasteiger partial charge in [-0.25, -0.2) is 0 Å². The number of nitrogens with two attached hydrogens (primary N) is 2. The molecule has 1 fully saturated rings. The van der Waals surface area contributed by atoms with E-state index in [1.54, 1.807) is 6.92 Å². The van der Waals surface area contributed by atoms with Crippen molar-refractivity contribution >= 4 is 11.8 Å². The first-order chi connectivity index (χ1) is 8.06. The number of likely N-dealkylation sites (tertiary alicyclic amines) is 1. The van der Waals surface area contributed by atoms with Crippen LogP contribution < -0.4 is 16.8 Å². The second-order valence-electron chi connectivity index (χ2n) is 4.49. The normalized spacial score (nSPS) is 23.1. The zero-order valence-corrected chi connectivity index (χ0v) is 10.3. The van der Waals surface area contributed by atoms with Crippen LogP contribution in [0.3, 0.4) is 0 Å². The van der Waals surface area contributed by atoms with E-state index in [0.29, 0.717) is 19.6 Å². The Morgan fingerprint density at radius 3 is 2.82 bits per heavy atom. The lowest BCUT2D eigenvalue weighted by atomic mass is 9.96. The van der Waals surface area contributed by atoms with E-state index in [1.807, 2.05) is 4.90 Å². The molecule has 1 aliphatic heterocycles. The Kier molecular flexibility index (Phi) is 5.37. The number of carbonyl (C=O) groups excluding carboxylic acids is 2. The molecule has 2 amide bonds. The first kappa shape index (κ1) is 13.9. The minimum absolute atomic E-state index is 0.0248. The van der Waals surface area contributed by atoms with Gasteiger partial charge in [-0.3, -0.25) is 14.5 Å². The highest BCUT2D eigenvalue weighted by Crippen LogP contribution is 2.18. The standard InChI is InChI=1S/C11H22N4O2/c1-8(10(13)16)15-6-2-3-9(7-15)11(17)14-5-4-12/h8-9H,2-7,12H2,1H3,(H2,13,16)(H,14,17). The lowest BCUT2D eigenvalue weighted by Gasteiger charge is -2.34. The molecule has 98 valence electrons. The first-order valence-corrected chi connectivity index (χ1v) is 6.07. The van der Waals surface area contributed by atoms with Gasteiger partial charge in [0.15, 0.2) is 0 Å². The van der Waals surface area contributed by atoms with Crippen LogP contribution in [0.4, 0.5) is 0 Å². The average Bonchev–Trinajstić information content (AvgIpc) is 2.35. The van der Waals surface area contributed by atoms with E-state index in [-0.39, 0.29) is 23.8 Å². The van der Waals surface area contributed by atoms with E-state index in [2.05, 4.69) is 5.32 Å². The second kappa shape index (κ2) is 6.56. The highest BCUT2D eigenvalue weighted by molar-refractivity contribution is 5.80. The maximum Gasteiger partial charge on any atom is 0.234 e. The van der Waals surface area contributed by atoms with Crippen LogP contribution >= 0.6 is 0 Å². The van der Waals surface area contributed by atoms with Crippen molar-refractivity contribution in [3.63, 3.8) is 0 Å². The summed E-state index contributed by atoms with van der Waals surface area (Å²) in [4.78, 5) is 24.9. The van der Waals surface area contributed by atoms with Gasteiger partial charge >= 0.3 is 0 Å². The zero-order chi connectivity index (χ0) is 12.8. The number of nitrogens with zero attached hydrogens (tertiary/aromatic N) is 1. The molecule has 0 aromatic carbocycles. The molecule has 1 aliphatic rings. The fourth-order valence-electron chi connectivity index (χ4n) is 2.09. The van der Waals surface area contributed by atoms with Crippen LogP contribution in [0.25, 0.3) is 0 Å². The van der Waals surface area contributed by atoms with Gasteiger partial charge in [0.25, 0.3) is 0 Å². The van der Waals surface area contributed by atoms with Crippen LogP contribution in [-0.2, 0) is 9.59 Å². The van der Waals surface area contributed by atoms with Crippen molar-refractivity contribution in [2.45, 2.75) is 25.8 Å². The fraction of sp³-hybridized carbons (Fsp3) is 0.818. The van der Waals surface area contributed by atoms with Crippen molar-refractivity contribution in [1.29, 1.82) is 0 Å². The Morgan fingerprint density at radius 2 is 2.24 bits per heavy atom. The first-order valence-electron chi connectivity index (χ1n) is 6.07. The minimum Gasteiger partial charge on any atom is -0.368 e. The Morgan fingerprint density at radius 1 is 1.53 bits per heavy atom. The van der Waals surface area contributed by atoms with E-state index < -0.39 is 0 Å². The zero-order valence-electron chi connectivity index (χ0n) is 10.3. The third-order valence-corrected chi connectivity index (χ3v) is 3.23. The molecule has 0 spiro atoms. The van der Waals surface area contributed by atoms with Gasteiger partial charge in [-0.1, -0.05) is 0 Å². The lowest BCUT2D eigenvalue weighted by molar-refractivity contribution is -0.129. The van der Waals surface area contributed by atoms with Crippen molar-refractivity contribution < 1.29 is 9.59 Å². The molecule has 2 unspecified atom stereocenters. The number of rotatable bonds is 5. The van der Waals surface area contributed by atoms with Crippen LogP contribution in [0.5, 0.6) is 0 Å². The van der Waals surface area contributed by atoms with Gasteiger partial charge in [0.2, 0.25) is 11.8 Å². The van der Waals surface area contributed by atoms with Crippen molar-refractivity contribution in [2.75, 3.05) is 26.2 Å². The number of hydrogen-bond donors (Lipinski definition) is 3. The molecule has 0 bridgehead atoms. The van der Waals surface area contributed by atoms with Gasteiger partial charge < -0.3 is 16.8 Å². The number of piperidine rings is 1. The summed E-state index contributed by atoms with van der Waals surface area (Å²) in [6.07, 6.45) is 1.77. The molecule has 0 radical (unpaired) electrons. The van der Waals surface area contributed by atoms with E-state index in [1.165, 1.54) is 0 Å². The summed E-state index contributed by atoms with van der Waals surface area (Å²) in [5, 5.41) is 2.78. The van der Waals surface area contributed by atoms with E-state index in [4.69, 9.17) is 11.5 Å². The van der Waals surface area contributed by atoms with Crippen molar-refractivity contribution in [2.24, 2.45) is 17.4 Å². The van der Waals surface area contributed by atoms with Crippen LogP contribution in [-0.4, -0.2) is 48.9 Å². The Balaban J connectivity index is 2.48. The summed E-state index contributed by atoms with van der Waals surface area (Å²) in [7, 11) is 0. The van der Waals surface area contributed by atoms with Gasteiger partial charge in [-0.2, -0.15) is 0 Å². The molecular formula is C11H22N4O2. The molecule has 0 saturated carbocycles. The predicted octanol–water partition coefficient (Wildman–Crippen LogP) is -1.35. The predicted molar refractivity (Wildman–Crippen MR) is 65.0 cm³/mol. The molecule has 0 aliphatic carbocycles. The summed E-state index contributed by atoms with van der Waals surface area (Å²) in [5.41, 5.74) is 10.6. The topological polar surface area (TPSA) is 101 Å². The molecule has 0 aromatic rings. The highest BCUT2D eigenvalue weighted by atomic mass is 16.2. The number of carbonyl (C=O) groups is 2. The highest BCUT2D eigenvalue weighted by Gasteiger charge is 2.29. The molecule has 1 rings (SSSR count). The summed E-state index contributed by atoms with van der Waals surface area (Å²) in [5.74, 6) is -0.373. The molecule has 1 heterocycles. The smallest absolute Gasteiger partial charge is 0.234 e.